The summed E-state index contributed by atoms with van der Waals surface area (Å²) >= 11 is 7.26. The van der Waals surface area contributed by atoms with Crippen molar-refractivity contribution in [2.75, 3.05) is 11.8 Å². The van der Waals surface area contributed by atoms with Gasteiger partial charge in [-0.3, -0.25) is 9.12 Å². The molecule has 1 aromatic carbocycles. The van der Waals surface area contributed by atoms with Gasteiger partial charge in [0.2, 0.25) is 0 Å². The van der Waals surface area contributed by atoms with Crippen molar-refractivity contribution in [3.63, 3.8) is 0 Å². The predicted molar refractivity (Wildman–Crippen MR) is 81.9 cm³/mol. The molecule has 0 saturated heterocycles. The number of hydrogen-bond acceptors (Lipinski definition) is 5. The topological polar surface area (TPSA) is 72.7 Å². The van der Waals surface area contributed by atoms with Gasteiger partial charge in [0.25, 0.3) is 10.0 Å². The van der Waals surface area contributed by atoms with E-state index in [1.807, 2.05) is 0 Å². The van der Waals surface area contributed by atoms with Crippen molar-refractivity contribution >= 4 is 43.6 Å². The molecule has 0 bridgehead atoms. The standard InChI is InChI=1S/C12H10ClN3O3S2/c1-19-9-5-3-2-4-8(9)15-21(17,18)11-10(13)14-12-16(11)6-7-20-12/h2-7,15H,1H3. The van der Waals surface area contributed by atoms with E-state index >= 15 is 0 Å². The highest BCUT2D eigenvalue weighted by Crippen LogP contribution is 2.30. The first-order chi connectivity index (χ1) is 10.0. The lowest BCUT2D eigenvalue weighted by atomic mass is 10.3. The number of fused-ring (bicyclic) bond motifs is 1. The van der Waals surface area contributed by atoms with Crippen LogP contribution in [-0.4, -0.2) is 24.9 Å². The number of benzene rings is 1. The highest BCUT2D eigenvalue weighted by atomic mass is 35.5. The maximum absolute atomic E-state index is 12.6. The Morgan fingerprint density at radius 2 is 2.14 bits per heavy atom. The Kier molecular flexibility index (Phi) is 3.52. The fraction of sp³-hybridized carbons (Fsp3) is 0.0833. The van der Waals surface area contributed by atoms with Crippen molar-refractivity contribution < 1.29 is 13.2 Å². The smallest absolute Gasteiger partial charge is 0.281 e. The normalized spacial score (nSPS) is 11.7. The Balaban J connectivity index is 2.09. The average molecular weight is 344 g/mol. The average Bonchev–Trinajstić information content (AvgIpc) is 2.98. The minimum atomic E-state index is -3.88. The zero-order chi connectivity index (χ0) is 15.0. The van der Waals surface area contributed by atoms with Crippen LogP contribution in [0.4, 0.5) is 5.69 Å². The number of nitrogens with zero attached hydrogens (tertiary/aromatic N) is 2. The molecule has 0 aliphatic carbocycles. The van der Waals surface area contributed by atoms with Gasteiger partial charge in [0.05, 0.1) is 12.8 Å². The van der Waals surface area contributed by atoms with Crippen LogP contribution in [0.25, 0.3) is 4.96 Å². The van der Waals surface area contributed by atoms with Crippen LogP contribution in [0.15, 0.2) is 40.9 Å². The van der Waals surface area contributed by atoms with E-state index in [9.17, 15) is 8.42 Å². The minimum absolute atomic E-state index is 0.0655. The van der Waals surface area contributed by atoms with Crippen molar-refractivity contribution in [1.29, 1.82) is 0 Å². The summed E-state index contributed by atoms with van der Waals surface area (Å²) in [5.74, 6) is 0.420. The van der Waals surface area contributed by atoms with E-state index in [0.29, 0.717) is 16.4 Å². The van der Waals surface area contributed by atoms with Gasteiger partial charge in [0.1, 0.15) is 5.75 Å². The SMILES string of the molecule is COc1ccccc1NS(=O)(=O)c1c(Cl)nc2sccn12. The quantitative estimate of drug-likeness (QED) is 0.790. The number of hydrogen-bond donors (Lipinski definition) is 1. The van der Waals surface area contributed by atoms with Crippen molar-refractivity contribution in [3.05, 3.63) is 41.0 Å². The molecule has 0 aliphatic heterocycles. The number of methoxy groups -OCH3 is 1. The Hall–Kier alpha value is -1.77. The molecule has 2 heterocycles. The van der Waals surface area contributed by atoms with E-state index in [-0.39, 0.29) is 10.2 Å². The Morgan fingerprint density at radius 1 is 1.38 bits per heavy atom. The van der Waals surface area contributed by atoms with Crippen LogP contribution in [-0.2, 0) is 10.0 Å². The summed E-state index contributed by atoms with van der Waals surface area (Å²) in [5, 5.41) is 1.58. The Morgan fingerprint density at radius 3 is 2.90 bits per heavy atom. The number of halogens is 1. The first-order valence-corrected chi connectivity index (χ1v) is 8.54. The van der Waals surface area contributed by atoms with Gasteiger partial charge >= 0.3 is 0 Å². The number of para-hydroxylation sites is 2. The number of imidazole rings is 1. The summed E-state index contributed by atoms with van der Waals surface area (Å²) in [7, 11) is -2.42. The van der Waals surface area contributed by atoms with Crippen LogP contribution in [0, 0.1) is 0 Å². The summed E-state index contributed by atoms with van der Waals surface area (Å²) in [5.41, 5.74) is 0.334. The summed E-state index contributed by atoms with van der Waals surface area (Å²) in [6.07, 6.45) is 1.61. The van der Waals surface area contributed by atoms with Crippen molar-refractivity contribution in [3.8, 4) is 5.75 Å². The monoisotopic (exact) mass is 343 g/mol. The zero-order valence-electron chi connectivity index (χ0n) is 10.8. The van der Waals surface area contributed by atoms with Gasteiger partial charge in [-0.25, -0.2) is 4.98 Å². The highest BCUT2D eigenvalue weighted by Gasteiger charge is 2.26. The van der Waals surface area contributed by atoms with Gasteiger partial charge in [-0.2, -0.15) is 8.42 Å². The van der Waals surface area contributed by atoms with Crippen LogP contribution in [0.1, 0.15) is 0 Å². The van der Waals surface area contributed by atoms with Crippen LogP contribution < -0.4 is 9.46 Å². The third-order valence-corrected chi connectivity index (χ3v) is 5.30. The van der Waals surface area contributed by atoms with E-state index < -0.39 is 10.0 Å². The van der Waals surface area contributed by atoms with Crippen molar-refractivity contribution in [2.45, 2.75) is 5.03 Å². The molecule has 3 aromatic rings. The molecule has 21 heavy (non-hydrogen) atoms. The number of sulfonamides is 1. The second kappa shape index (κ2) is 5.21. The third kappa shape index (κ3) is 2.45. The zero-order valence-corrected chi connectivity index (χ0v) is 13.2. The van der Waals surface area contributed by atoms with E-state index in [0.717, 1.165) is 0 Å². The lowest BCUT2D eigenvalue weighted by Gasteiger charge is -2.11. The molecule has 0 saturated carbocycles. The molecule has 2 aromatic heterocycles. The molecule has 110 valence electrons. The van der Waals surface area contributed by atoms with E-state index in [2.05, 4.69) is 9.71 Å². The van der Waals surface area contributed by atoms with Gasteiger partial charge in [-0.15, -0.1) is 11.3 Å². The molecule has 0 amide bonds. The van der Waals surface area contributed by atoms with E-state index in [1.54, 1.807) is 35.8 Å². The maximum Gasteiger partial charge on any atom is 0.281 e. The number of ether oxygens (including phenoxy) is 1. The first kappa shape index (κ1) is 14.2. The van der Waals surface area contributed by atoms with Crippen molar-refractivity contribution in [1.82, 2.24) is 9.38 Å². The molecule has 6 nitrogen and oxygen atoms in total. The van der Waals surface area contributed by atoms with Crippen LogP contribution in [0.2, 0.25) is 5.15 Å². The molecule has 0 spiro atoms. The summed E-state index contributed by atoms with van der Waals surface area (Å²) in [6, 6.07) is 6.73. The first-order valence-electron chi connectivity index (χ1n) is 5.80. The summed E-state index contributed by atoms with van der Waals surface area (Å²) in [6.45, 7) is 0. The third-order valence-electron chi connectivity index (χ3n) is 2.78. The number of anilines is 1. The molecular formula is C12H10ClN3O3S2. The van der Waals surface area contributed by atoms with Crippen molar-refractivity contribution in [2.24, 2.45) is 0 Å². The lowest BCUT2D eigenvalue weighted by Crippen LogP contribution is -2.15. The molecule has 1 N–H and O–H groups in total. The predicted octanol–water partition coefficient (Wildman–Crippen LogP) is 2.86. The fourth-order valence-corrected chi connectivity index (χ4v) is 4.43. The number of thiazole rings is 1. The molecule has 0 unspecified atom stereocenters. The van der Waals surface area contributed by atoms with Crippen LogP contribution in [0.3, 0.4) is 0 Å². The molecule has 9 heteroatoms. The summed E-state index contributed by atoms with van der Waals surface area (Å²) in [4.78, 5) is 4.53. The number of aromatic nitrogens is 2. The highest BCUT2D eigenvalue weighted by molar-refractivity contribution is 7.92. The molecule has 0 aliphatic rings. The molecule has 0 radical (unpaired) electrons. The van der Waals surface area contributed by atoms with Gasteiger partial charge in [0, 0.05) is 11.6 Å². The van der Waals surface area contributed by atoms with Gasteiger partial charge in [-0.05, 0) is 12.1 Å². The molecular weight excluding hydrogens is 334 g/mol. The van der Waals surface area contributed by atoms with E-state index in [1.165, 1.54) is 22.8 Å². The second-order valence-electron chi connectivity index (χ2n) is 4.07. The maximum atomic E-state index is 12.6. The lowest BCUT2D eigenvalue weighted by molar-refractivity contribution is 0.417. The molecule has 0 atom stereocenters. The number of rotatable bonds is 4. The molecule has 0 fully saturated rings. The Labute approximate surface area is 130 Å². The van der Waals surface area contributed by atoms with Crippen LogP contribution >= 0.6 is 22.9 Å². The van der Waals surface area contributed by atoms with Gasteiger partial charge < -0.3 is 4.74 Å². The summed E-state index contributed by atoms with van der Waals surface area (Å²) < 4.78 is 34.1. The second-order valence-corrected chi connectivity index (χ2v) is 6.90. The van der Waals surface area contributed by atoms with Crippen LogP contribution in [0.5, 0.6) is 5.75 Å². The van der Waals surface area contributed by atoms with Gasteiger partial charge in [0.15, 0.2) is 15.1 Å². The fourth-order valence-electron chi connectivity index (χ4n) is 1.90. The van der Waals surface area contributed by atoms with Gasteiger partial charge in [-0.1, -0.05) is 23.7 Å². The molecule has 3 rings (SSSR count). The number of nitrogens with one attached hydrogen (secondary N) is 1. The van der Waals surface area contributed by atoms with E-state index in [4.69, 9.17) is 16.3 Å². The minimum Gasteiger partial charge on any atom is -0.495 e. The Bertz CT molecular complexity index is 902. The largest absolute Gasteiger partial charge is 0.495 e.